The van der Waals surface area contributed by atoms with Crippen LogP contribution in [-0.4, -0.2) is 46.7 Å². The number of amides is 1. The molecule has 1 aromatic heterocycles. The molecule has 0 bridgehead atoms. The molecular formula is C19H24ClN5O2. The Morgan fingerprint density at radius 3 is 2.81 bits per heavy atom. The van der Waals surface area contributed by atoms with Crippen LogP contribution in [0.3, 0.4) is 0 Å². The smallest absolute Gasteiger partial charge is 0.409 e. The maximum absolute atomic E-state index is 11.8. The summed E-state index contributed by atoms with van der Waals surface area (Å²) in [6, 6.07) is 7.82. The predicted molar refractivity (Wildman–Crippen MR) is 107 cm³/mol. The third-order valence-electron chi connectivity index (χ3n) is 4.45. The normalized spacial score (nSPS) is 14.7. The van der Waals surface area contributed by atoms with Crippen molar-refractivity contribution in [1.82, 2.24) is 14.9 Å². The minimum Gasteiger partial charge on any atom is -0.450 e. The molecule has 2 heterocycles. The Morgan fingerprint density at radius 2 is 2.11 bits per heavy atom. The van der Waals surface area contributed by atoms with E-state index in [1.807, 2.05) is 38.1 Å². The Bertz CT molecular complexity index is 793. The molecule has 144 valence electrons. The lowest BCUT2D eigenvalue weighted by molar-refractivity contribution is 0.0983. The second-order valence-electron chi connectivity index (χ2n) is 6.46. The fourth-order valence-electron chi connectivity index (χ4n) is 2.92. The Kier molecular flexibility index (Phi) is 6.34. The number of hydrogen-bond acceptors (Lipinski definition) is 6. The van der Waals surface area contributed by atoms with Crippen LogP contribution in [0.5, 0.6) is 0 Å². The second kappa shape index (κ2) is 8.90. The van der Waals surface area contributed by atoms with Gasteiger partial charge in [0.2, 0.25) is 5.95 Å². The van der Waals surface area contributed by atoms with Gasteiger partial charge in [0.05, 0.1) is 6.61 Å². The molecule has 2 aromatic rings. The van der Waals surface area contributed by atoms with Gasteiger partial charge in [0, 0.05) is 36.0 Å². The zero-order valence-electron chi connectivity index (χ0n) is 15.5. The summed E-state index contributed by atoms with van der Waals surface area (Å²) in [4.78, 5) is 22.3. The number of aryl methyl sites for hydroxylation is 1. The van der Waals surface area contributed by atoms with Gasteiger partial charge in [-0.05, 0) is 50.5 Å². The number of carbonyl (C=O) groups excluding carboxylic acids is 1. The number of benzene rings is 1. The van der Waals surface area contributed by atoms with E-state index in [0.29, 0.717) is 36.5 Å². The number of likely N-dealkylation sites (tertiary alicyclic amines) is 1. The van der Waals surface area contributed by atoms with Crippen molar-refractivity contribution >= 4 is 35.1 Å². The van der Waals surface area contributed by atoms with Crippen molar-refractivity contribution in [2.75, 3.05) is 30.3 Å². The fourth-order valence-corrected chi connectivity index (χ4v) is 3.10. The van der Waals surface area contributed by atoms with E-state index in [2.05, 4.69) is 20.6 Å². The highest BCUT2D eigenvalue weighted by molar-refractivity contribution is 6.31. The first-order valence-corrected chi connectivity index (χ1v) is 9.47. The van der Waals surface area contributed by atoms with Crippen molar-refractivity contribution in [3.63, 3.8) is 0 Å². The van der Waals surface area contributed by atoms with Crippen LogP contribution in [0.2, 0.25) is 5.02 Å². The molecule has 0 spiro atoms. The molecule has 3 rings (SSSR count). The number of ether oxygens (including phenoxy) is 1. The monoisotopic (exact) mass is 389 g/mol. The van der Waals surface area contributed by atoms with Gasteiger partial charge in [-0.25, -0.2) is 9.78 Å². The predicted octanol–water partition coefficient (Wildman–Crippen LogP) is 4.21. The summed E-state index contributed by atoms with van der Waals surface area (Å²) in [6.45, 7) is 5.50. The summed E-state index contributed by atoms with van der Waals surface area (Å²) in [5.41, 5.74) is 1.90. The maximum atomic E-state index is 11.8. The van der Waals surface area contributed by atoms with Gasteiger partial charge in [0.1, 0.15) is 5.82 Å². The number of rotatable bonds is 5. The maximum Gasteiger partial charge on any atom is 0.409 e. The third kappa shape index (κ3) is 5.23. The van der Waals surface area contributed by atoms with E-state index in [9.17, 15) is 4.79 Å². The summed E-state index contributed by atoms with van der Waals surface area (Å²) < 4.78 is 5.05. The Morgan fingerprint density at radius 1 is 1.33 bits per heavy atom. The topological polar surface area (TPSA) is 79.4 Å². The highest BCUT2D eigenvalue weighted by Gasteiger charge is 2.23. The lowest BCUT2D eigenvalue weighted by Crippen LogP contribution is -2.42. The molecular weight excluding hydrogens is 366 g/mol. The largest absolute Gasteiger partial charge is 0.450 e. The van der Waals surface area contributed by atoms with Crippen LogP contribution < -0.4 is 10.6 Å². The minimum absolute atomic E-state index is 0.222. The van der Waals surface area contributed by atoms with E-state index in [4.69, 9.17) is 16.3 Å². The molecule has 1 aromatic carbocycles. The molecule has 7 nitrogen and oxygen atoms in total. The molecule has 0 radical (unpaired) electrons. The summed E-state index contributed by atoms with van der Waals surface area (Å²) in [7, 11) is 0. The molecule has 1 fully saturated rings. The summed E-state index contributed by atoms with van der Waals surface area (Å²) in [5.74, 6) is 1.25. The van der Waals surface area contributed by atoms with Crippen molar-refractivity contribution < 1.29 is 9.53 Å². The minimum atomic E-state index is -0.241. The van der Waals surface area contributed by atoms with E-state index in [-0.39, 0.29) is 12.1 Å². The summed E-state index contributed by atoms with van der Waals surface area (Å²) in [6.07, 6.45) is 3.12. The van der Waals surface area contributed by atoms with Crippen molar-refractivity contribution in [3.05, 3.63) is 41.0 Å². The second-order valence-corrected chi connectivity index (χ2v) is 6.87. The van der Waals surface area contributed by atoms with Gasteiger partial charge in [-0.3, -0.25) is 0 Å². The summed E-state index contributed by atoms with van der Waals surface area (Å²) >= 11 is 6.17. The van der Waals surface area contributed by atoms with Crippen LogP contribution in [0.4, 0.5) is 22.2 Å². The first-order chi connectivity index (χ1) is 13.0. The lowest BCUT2D eigenvalue weighted by Gasteiger charge is -2.31. The summed E-state index contributed by atoms with van der Waals surface area (Å²) in [5, 5.41) is 7.30. The molecule has 27 heavy (non-hydrogen) atoms. The van der Waals surface area contributed by atoms with Crippen LogP contribution >= 0.6 is 11.6 Å². The molecule has 2 N–H and O–H groups in total. The molecule has 1 saturated heterocycles. The number of piperidine rings is 1. The molecule has 0 saturated carbocycles. The molecule has 0 aliphatic carbocycles. The van der Waals surface area contributed by atoms with Gasteiger partial charge >= 0.3 is 6.09 Å². The van der Waals surface area contributed by atoms with Gasteiger partial charge in [0.25, 0.3) is 0 Å². The van der Waals surface area contributed by atoms with Gasteiger partial charge in [0.15, 0.2) is 0 Å². The van der Waals surface area contributed by atoms with E-state index >= 15 is 0 Å². The zero-order chi connectivity index (χ0) is 19.2. The van der Waals surface area contributed by atoms with Gasteiger partial charge < -0.3 is 20.3 Å². The number of aromatic nitrogens is 2. The van der Waals surface area contributed by atoms with Crippen molar-refractivity contribution in [3.8, 4) is 0 Å². The molecule has 0 atom stereocenters. The Labute approximate surface area is 164 Å². The first kappa shape index (κ1) is 19.2. The van der Waals surface area contributed by atoms with Crippen molar-refractivity contribution in [1.29, 1.82) is 0 Å². The highest BCUT2D eigenvalue weighted by Crippen LogP contribution is 2.23. The van der Waals surface area contributed by atoms with E-state index in [1.165, 1.54) is 0 Å². The van der Waals surface area contributed by atoms with Gasteiger partial charge in [-0.2, -0.15) is 4.98 Å². The molecule has 1 aliphatic rings. The average Bonchev–Trinajstić information content (AvgIpc) is 2.66. The van der Waals surface area contributed by atoms with Crippen molar-refractivity contribution in [2.24, 2.45) is 0 Å². The van der Waals surface area contributed by atoms with E-state index in [1.54, 1.807) is 11.1 Å². The standard InChI is InChI=1S/C19H24ClN5O2/c1-3-27-19(26)25-10-7-14(8-11-25)23-18-21-9-6-17(24-18)22-15-5-4-13(2)16(20)12-15/h4-6,9,12,14H,3,7-8,10-11H2,1-2H3,(H2,21,22,23,24). The average molecular weight is 390 g/mol. The van der Waals surface area contributed by atoms with Crippen LogP contribution in [0, 0.1) is 6.92 Å². The number of anilines is 3. The van der Waals surface area contributed by atoms with Crippen LogP contribution in [-0.2, 0) is 4.74 Å². The Hall–Kier alpha value is -2.54. The number of nitrogens with one attached hydrogen (secondary N) is 2. The fraction of sp³-hybridized carbons (Fsp3) is 0.421. The molecule has 0 unspecified atom stereocenters. The van der Waals surface area contributed by atoms with Crippen LogP contribution in [0.15, 0.2) is 30.5 Å². The highest BCUT2D eigenvalue weighted by atomic mass is 35.5. The zero-order valence-corrected chi connectivity index (χ0v) is 16.3. The first-order valence-electron chi connectivity index (χ1n) is 9.09. The van der Waals surface area contributed by atoms with E-state index in [0.717, 1.165) is 24.1 Å². The van der Waals surface area contributed by atoms with Crippen LogP contribution in [0.25, 0.3) is 0 Å². The number of nitrogens with zero attached hydrogens (tertiary/aromatic N) is 3. The van der Waals surface area contributed by atoms with Crippen molar-refractivity contribution in [2.45, 2.75) is 32.7 Å². The number of hydrogen-bond donors (Lipinski definition) is 2. The lowest BCUT2D eigenvalue weighted by atomic mass is 10.1. The quantitative estimate of drug-likeness (QED) is 0.797. The van der Waals surface area contributed by atoms with Gasteiger partial charge in [-0.15, -0.1) is 0 Å². The SMILES string of the molecule is CCOC(=O)N1CCC(Nc2nccc(Nc3ccc(C)c(Cl)c3)n2)CC1. The molecule has 1 aliphatic heterocycles. The van der Waals surface area contributed by atoms with E-state index < -0.39 is 0 Å². The molecule has 8 heteroatoms. The number of halogens is 1. The third-order valence-corrected chi connectivity index (χ3v) is 4.86. The van der Waals surface area contributed by atoms with Crippen LogP contribution in [0.1, 0.15) is 25.3 Å². The van der Waals surface area contributed by atoms with Gasteiger partial charge in [-0.1, -0.05) is 17.7 Å². The Balaban J connectivity index is 1.56. The molecule has 1 amide bonds. The number of carbonyl (C=O) groups is 1.